The van der Waals surface area contributed by atoms with Crippen LogP contribution in [0.5, 0.6) is 0 Å². The second-order valence-corrected chi connectivity index (χ2v) is 9.34. The topological polar surface area (TPSA) is 96.0 Å². The number of ether oxygens (including phenoxy) is 1. The van der Waals surface area contributed by atoms with E-state index in [-0.39, 0.29) is 36.0 Å². The molecule has 2 saturated heterocycles. The number of nitrogens with zero attached hydrogens (tertiary/aromatic N) is 2. The zero-order chi connectivity index (χ0) is 22.5. The summed E-state index contributed by atoms with van der Waals surface area (Å²) in [4.78, 5) is 52.6. The monoisotopic (exact) mass is 457 g/mol. The van der Waals surface area contributed by atoms with Gasteiger partial charge in [-0.1, -0.05) is 49.6 Å². The van der Waals surface area contributed by atoms with Gasteiger partial charge in [-0.15, -0.1) is 0 Å². The van der Waals surface area contributed by atoms with Gasteiger partial charge < -0.3 is 14.5 Å². The van der Waals surface area contributed by atoms with E-state index in [4.69, 9.17) is 4.74 Å². The minimum absolute atomic E-state index is 0.0441. The lowest BCUT2D eigenvalue weighted by molar-refractivity contribution is -0.138. The predicted molar refractivity (Wildman–Crippen MR) is 119 cm³/mol. The molecule has 3 aliphatic rings. The summed E-state index contributed by atoms with van der Waals surface area (Å²) in [5, 5.41) is 1.63. The number of amides is 4. The van der Waals surface area contributed by atoms with Crippen LogP contribution in [0.2, 0.25) is 0 Å². The van der Waals surface area contributed by atoms with Crippen molar-refractivity contribution in [1.82, 2.24) is 15.1 Å². The zero-order valence-corrected chi connectivity index (χ0v) is 18.6. The molecule has 1 N–H and O–H groups in total. The molecule has 170 valence electrons. The van der Waals surface area contributed by atoms with Crippen molar-refractivity contribution < 1.29 is 23.9 Å². The molecule has 1 aromatic rings. The van der Waals surface area contributed by atoms with Crippen LogP contribution in [0.1, 0.15) is 37.7 Å². The molecule has 0 radical (unpaired) electrons. The lowest BCUT2D eigenvalue weighted by Gasteiger charge is -2.34. The number of carbonyl (C=O) groups excluding carboxylic acids is 4. The van der Waals surface area contributed by atoms with E-state index in [1.165, 1.54) is 11.3 Å². The van der Waals surface area contributed by atoms with Crippen molar-refractivity contribution in [2.45, 2.75) is 50.9 Å². The van der Waals surface area contributed by atoms with Gasteiger partial charge in [0.15, 0.2) is 0 Å². The Hall–Kier alpha value is -2.65. The minimum Gasteiger partial charge on any atom is -0.370 e. The van der Waals surface area contributed by atoms with Gasteiger partial charge >= 0.3 is 0 Å². The van der Waals surface area contributed by atoms with Gasteiger partial charge in [0.2, 0.25) is 11.8 Å². The van der Waals surface area contributed by atoms with Gasteiger partial charge in [-0.2, -0.15) is 0 Å². The third-order valence-corrected chi connectivity index (χ3v) is 6.83. The highest BCUT2D eigenvalue weighted by atomic mass is 32.2. The van der Waals surface area contributed by atoms with Crippen LogP contribution in [0.4, 0.5) is 4.79 Å². The molecule has 8 nitrogen and oxygen atoms in total. The van der Waals surface area contributed by atoms with Gasteiger partial charge in [0.25, 0.3) is 11.1 Å². The van der Waals surface area contributed by atoms with Crippen LogP contribution < -0.4 is 5.32 Å². The highest BCUT2D eigenvalue weighted by Gasteiger charge is 2.35. The molecule has 1 saturated carbocycles. The van der Waals surface area contributed by atoms with Gasteiger partial charge in [0.1, 0.15) is 6.54 Å². The quantitative estimate of drug-likeness (QED) is 0.683. The van der Waals surface area contributed by atoms with E-state index in [2.05, 4.69) is 5.32 Å². The normalized spacial score (nSPS) is 24.1. The molecule has 1 aliphatic carbocycles. The van der Waals surface area contributed by atoms with Crippen molar-refractivity contribution in [2.75, 3.05) is 19.6 Å². The molecule has 0 unspecified atom stereocenters. The average molecular weight is 458 g/mol. The Labute approximate surface area is 191 Å². The standard InChI is InChI=1S/C23H27N3O5S/c27-20(11-19-22(29)24-23(30)32-19)25-12-18(31-15-16-7-3-1-4-8-16)13-26(21(28)14-25)17-9-5-2-6-10-17/h1,3-4,7-8,11,17-18H,2,5-6,9-10,12-15H2,(H,24,29,30)/b19-11-/t18-/m1/s1. The molecule has 0 bridgehead atoms. The number of carbonyl (C=O) groups is 4. The summed E-state index contributed by atoms with van der Waals surface area (Å²) in [5.41, 5.74) is 1.02. The molecular formula is C23H27N3O5S. The number of hydrogen-bond donors (Lipinski definition) is 1. The van der Waals surface area contributed by atoms with Crippen LogP contribution in [0.25, 0.3) is 0 Å². The Balaban J connectivity index is 1.51. The third-order valence-electron chi connectivity index (χ3n) is 6.02. The van der Waals surface area contributed by atoms with Crippen LogP contribution in [0, 0.1) is 0 Å². The van der Waals surface area contributed by atoms with Gasteiger partial charge in [-0.3, -0.25) is 24.5 Å². The van der Waals surface area contributed by atoms with Crippen LogP contribution >= 0.6 is 11.8 Å². The lowest BCUT2D eigenvalue weighted by Crippen LogP contribution is -2.45. The fraction of sp³-hybridized carbons (Fsp3) is 0.478. The molecular weight excluding hydrogens is 430 g/mol. The summed E-state index contributed by atoms with van der Waals surface area (Å²) in [6.07, 6.45) is 6.10. The largest absolute Gasteiger partial charge is 0.370 e. The summed E-state index contributed by atoms with van der Waals surface area (Å²) in [6, 6.07) is 9.94. The molecule has 4 rings (SSSR count). The van der Waals surface area contributed by atoms with Crippen molar-refractivity contribution >= 4 is 34.7 Å². The molecule has 1 atom stereocenters. The van der Waals surface area contributed by atoms with Gasteiger partial charge in [-0.05, 0) is 30.2 Å². The average Bonchev–Trinajstić information content (AvgIpc) is 3.01. The van der Waals surface area contributed by atoms with E-state index in [1.807, 2.05) is 35.2 Å². The van der Waals surface area contributed by atoms with Crippen molar-refractivity contribution in [3.63, 3.8) is 0 Å². The second kappa shape index (κ2) is 10.3. The van der Waals surface area contributed by atoms with Crippen LogP contribution in [-0.4, -0.2) is 64.5 Å². The molecule has 3 fully saturated rings. The number of hydrogen-bond acceptors (Lipinski definition) is 6. The summed E-state index contributed by atoms with van der Waals surface area (Å²) in [7, 11) is 0. The third kappa shape index (κ3) is 5.58. The first-order valence-electron chi connectivity index (χ1n) is 11.0. The van der Waals surface area contributed by atoms with E-state index in [0.29, 0.717) is 24.9 Å². The Morgan fingerprint density at radius 1 is 1.09 bits per heavy atom. The Morgan fingerprint density at radius 3 is 2.53 bits per heavy atom. The molecule has 32 heavy (non-hydrogen) atoms. The maximum absolute atomic E-state index is 13.1. The van der Waals surface area contributed by atoms with Gasteiger partial charge in [0, 0.05) is 25.2 Å². The SMILES string of the molecule is O=C1NC(=O)/C(=C/C(=O)N2CC(=O)N(C3CCCCC3)C[C@H](OCc3ccccc3)C2)S1. The zero-order valence-electron chi connectivity index (χ0n) is 17.8. The number of imide groups is 1. The molecule has 0 aromatic heterocycles. The number of nitrogens with one attached hydrogen (secondary N) is 1. The number of thioether (sulfide) groups is 1. The highest BCUT2D eigenvalue weighted by Crippen LogP contribution is 2.26. The summed E-state index contributed by atoms with van der Waals surface area (Å²) >= 11 is 0.691. The van der Waals surface area contributed by atoms with Crippen LogP contribution in [0.3, 0.4) is 0 Å². The van der Waals surface area contributed by atoms with Crippen molar-refractivity contribution in [3.05, 3.63) is 46.9 Å². The van der Waals surface area contributed by atoms with E-state index in [0.717, 1.165) is 37.3 Å². The van der Waals surface area contributed by atoms with Crippen LogP contribution in [-0.2, 0) is 25.7 Å². The van der Waals surface area contributed by atoms with Gasteiger partial charge in [-0.25, -0.2) is 0 Å². The number of rotatable bonds is 5. The molecule has 0 spiro atoms. The van der Waals surface area contributed by atoms with E-state index < -0.39 is 17.1 Å². The first-order chi connectivity index (χ1) is 15.5. The van der Waals surface area contributed by atoms with Crippen molar-refractivity contribution in [2.24, 2.45) is 0 Å². The summed E-state index contributed by atoms with van der Waals surface area (Å²) in [5.74, 6) is -1.16. The smallest absolute Gasteiger partial charge is 0.290 e. The Kier molecular flexibility index (Phi) is 7.26. The highest BCUT2D eigenvalue weighted by molar-refractivity contribution is 8.18. The first kappa shape index (κ1) is 22.5. The predicted octanol–water partition coefficient (Wildman–Crippen LogP) is 2.44. The fourth-order valence-electron chi connectivity index (χ4n) is 4.37. The van der Waals surface area contributed by atoms with Crippen molar-refractivity contribution in [1.29, 1.82) is 0 Å². The second-order valence-electron chi connectivity index (χ2n) is 8.33. The molecule has 1 aromatic carbocycles. The Morgan fingerprint density at radius 2 is 1.84 bits per heavy atom. The molecule has 4 amide bonds. The minimum atomic E-state index is -0.588. The summed E-state index contributed by atoms with van der Waals surface area (Å²) < 4.78 is 6.16. The lowest BCUT2D eigenvalue weighted by atomic mass is 9.94. The maximum atomic E-state index is 13.1. The fourth-order valence-corrected chi connectivity index (χ4v) is 5.02. The van der Waals surface area contributed by atoms with Crippen LogP contribution in [0.15, 0.2) is 41.3 Å². The number of benzene rings is 1. The first-order valence-corrected chi connectivity index (χ1v) is 11.8. The molecule has 9 heteroatoms. The van der Waals surface area contributed by atoms with E-state index in [1.54, 1.807) is 0 Å². The summed E-state index contributed by atoms with van der Waals surface area (Å²) in [6.45, 7) is 0.994. The van der Waals surface area contributed by atoms with E-state index >= 15 is 0 Å². The van der Waals surface area contributed by atoms with E-state index in [9.17, 15) is 19.2 Å². The molecule has 2 heterocycles. The van der Waals surface area contributed by atoms with Crippen molar-refractivity contribution in [3.8, 4) is 0 Å². The van der Waals surface area contributed by atoms with Gasteiger partial charge in [0.05, 0.1) is 17.6 Å². The maximum Gasteiger partial charge on any atom is 0.290 e. The molecule has 2 aliphatic heterocycles. The Bertz CT molecular complexity index is 913.